The molecule has 0 aliphatic carbocycles. The minimum Gasteiger partial charge on any atom is -0.340 e. The molecule has 0 aliphatic rings. The van der Waals surface area contributed by atoms with E-state index in [0.29, 0.717) is 5.82 Å². The van der Waals surface area contributed by atoms with Crippen molar-refractivity contribution >= 4 is 17.3 Å². The maximum absolute atomic E-state index is 13.0. The average Bonchev–Trinajstić information content (AvgIpc) is 2.36. The van der Waals surface area contributed by atoms with Gasteiger partial charge in [-0.1, -0.05) is 0 Å². The third-order valence-corrected chi connectivity index (χ3v) is 2.07. The first-order valence-corrected chi connectivity index (χ1v) is 4.80. The van der Waals surface area contributed by atoms with Crippen molar-refractivity contribution < 1.29 is 13.2 Å². The molecule has 0 fully saturated rings. The van der Waals surface area contributed by atoms with Crippen molar-refractivity contribution in [2.45, 2.75) is 0 Å². The lowest BCUT2D eigenvalue weighted by Crippen LogP contribution is -2.09. The first-order chi connectivity index (χ1) is 8.60. The van der Waals surface area contributed by atoms with Crippen LogP contribution in [0.2, 0.25) is 0 Å². The number of hydrogen-bond acceptors (Lipinski definition) is 5. The van der Waals surface area contributed by atoms with Crippen molar-refractivity contribution in [1.29, 1.82) is 0 Å². The molecule has 2 rings (SSSR count). The van der Waals surface area contributed by atoms with Crippen molar-refractivity contribution in [3.8, 4) is 0 Å². The maximum Gasteiger partial charge on any atom is 0.194 e. The van der Waals surface area contributed by atoms with E-state index in [4.69, 9.17) is 5.84 Å². The Hall–Kier alpha value is -2.35. The highest BCUT2D eigenvalue weighted by Gasteiger charge is 2.10. The van der Waals surface area contributed by atoms with Crippen LogP contribution < -0.4 is 16.6 Å². The van der Waals surface area contributed by atoms with E-state index in [0.717, 1.165) is 12.1 Å². The minimum atomic E-state index is -1.52. The van der Waals surface area contributed by atoms with Gasteiger partial charge in [0.1, 0.15) is 18.0 Å². The molecule has 0 aliphatic heterocycles. The van der Waals surface area contributed by atoms with Gasteiger partial charge < -0.3 is 10.7 Å². The topological polar surface area (TPSA) is 75.9 Å². The zero-order chi connectivity index (χ0) is 13.1. The number of nitrogen functional groups attached to an aromatic ring is 1. The van der Waals surface area contributed by atoms with E-state index in [-0.39, 0.29) is 11.5 Å². The van der Waals surface area contributed by atoms with E-state index in [1.54, 1.807) is 0 Å². The van der Waals surface area contributed by atoms with Gasteiger partial charge in [0, 0.05) is 23.9 Å². The van der Waals surface area contributed by atoms with Crippen molar-refractivity contribution in [1.82, 2.24) is 9.97 Å². The lowest BCUT2D eigenvalue weighted by molar-refractivity contribution is 0.448. The molecule has 0 radical (unpaired) electrons. The van der Waals surface area contributed by atoms with Crippen LogP contribution in [-0.4, -0.2) is 9.97 Å². The zero-order valence-electron chi connectivity index (χ0n) is 8.92. The summed E-state index contributed by atoms with van der Waals surface area (Å²) in [6.45, 7) is 0. The molecule has 2 aromatic rings. The highest BCUT2D eigenvalue weighted by Crippen LogP contribution is 2.20. The van der Waals surface area contributed by atoms with Gasteiger partial charge in [0.15, 0.2) is 17.5 Å². The molecule has 8 heteroatoms. The number of nitrogens with one attached hydrogen (secondary N) is 2. The van der Waals surface area contributed by atoms with Crippen LogP contribution in [-0.2, 0) is 0 Å². The van der Waals surface area contributed by atoms with Crippen LogP contribution in [0.15, 0.2) is 24.5 Å². The van der Waals surface area contributed by atoms with Gasteiger partial charge in [-0.2, -0.15) is 0 Å². The number of aromatic nitrogens is 2. The van der Waals surface area contributed by atoms with Gasteiger partial charge in [0.25, 0.3) is 0 Å². The molecule has 18 heavy (non-hydrogen) atoms. The van der Waals surface area contributed by atoms with Crippen LogP contribution in [0.5, 0.6) is 0 Å². The monoisotopic (exact) mass is 255 g/mol. The van der Waals surface area contributed by atoms with Crippen LogP contribution in [0, 0.1) is 17.5 Å². The number of hydrogen-bond donors (Lipinski definition) is 3. The maximum atomic E-state index is 13.0. The molecule has 94 valence electrons. The quantitative estimate of drug-likeness (QED) is 0.444. The van der Waals surface area contributed by atoms with E-state index < -0.39 is 17.5 Å². The molecule has 0 saturated heterocycles. The van der Waals surface area contributed by atoms with Crippen molar-refractivity contribution in [2.24, 2.45) is 5.84 Å². The molecule has 0 atom stereocenters. The van der Waals surface area contributed by atoms with Gasteiger partial charge in [0.2, 0.25) is 0 Å². The minimum absolute atomic E-state index is 0.0214. The molecule has 0 amide bonds. The fourth-order valence-electron chi connectivity index (χ4n) is 1.28. The second kappa shape index (κ2) is 4.88. The Morgan fingerprint density at radius 1 is 0.944 bits per heavy atom. The summed E-state index contributed by atoms with van der Waals surface area (Å²) in [5.41, 5.74) is 2.31. The normalized spacial score (nSPS) is 10.2. The summed E-state index contributed by atoms with van der Waals surface area (Å²) < 4.78 is 38.7. The SMILES string of the molecule is NNc1cc(Nc2cc(F)c(F)c(F)c2)ncn1. The third-order valence-electron chi connectivity index (χ3n) is 2.07. The number of hydrazine groups is 1. The molecule has 0 bridgehead atoms. The summed E-state index contributed by atoms with van der Waals surface area (Å²) in [4.78, 5) is 7.56. The molecule has 5 nitrogen and oxygen atoms in total. The van der Waals surface area contributed by atoms with Crippen LogP contribution >= 0.6 is 0 Å². The third kappa shape index (κ3) is 2.48. The molecular weight excluding hydrogens is 247 g/mol. The average molecular weight is 255 g/mol. The van der Waals surface area contributed by atoms with Crippen molar-refractivity contribution in [3.63, 3.8) is 0 Å². The Morgan fingerprint density at radius 3 is 2.17 bits per heavy atom. The number of nitrogens with two attached hydrogens (primary N) is 1. The summed E-state index contributed by atoms with van der Waals surface area (Å²) in [6.07, 6.45) is 1.20. The predicted molar refractivity (Wildman–Crippen MR) is 59.4 cm³/mol. The van der Waals surface area contributed by atoms with Gasteiger partial charge in [-0.05, 0) is 0 Å². The number of halogens is 3. The first kappa shape index (κ1) is 12.1. The number of rotatable bonds is 3. The van der Waals surface area contributed by atoms with Gasteiger partial charge in [0.05, 0.1) is 0 Å². The van der Waals surface area contributed by atoms with Gasteiger partial charge in [-0.3, -0.25) is 0 Å². The second-order valence-electron chi connectivity index (χ2n) is 3.31. The summed E-state index contributed by atoms with van der Waals surface area (Å²) >= 11 is 0. The Labute approximate surface area is 99.8 Å². The lowest BCUT2D eigenvalue weighted by Gasteiger charge is -2.07. The molecule has 0 unspecified atom stereocenters. The fraction of sp³-hybridized carbons (Fsp3) is 0. The Bertz CT molecular complexity index is 552. The van der Waals surface area contributed by atoms with Gasteiger partial charge >= 0.3 is 0 Å². The molecule has 0 spiro atoms. The first-order valence-electron chi connectivity index (χ1n) is 4.80. The summed E-state index contributed by atoms with van der Waals surface area (Å²) in [7, 11) is 0. The molecule has 1 heterocycles. The fourth-order valence-corrected chi connectivity index (χ4v) is 1.28. The summed E-state index contributed by atoms with van der Waals surface area (Å²) in [5.74, 6) is 1.61. The van der Waals surface area contributed by atoms with E-state index in [2.05, 4.69) is 20.7 Å². The zero-order valence-corrected chi connectivity index (χ0v) is 8.92. The lowest BCUT2D eigenvalue weighted by atomic mass is 10.3. The van der Waals surface area contributed by atoms with Crippen LogP contribution in [0.25, 0.3) is 0 Å². The molecular formula is C10H8F3N5. The van der Waals surface area contributed by atoms with Crippen LogP contribution in [0.4, 0.5) is 30.5 Å². The Kier molecular flexibility index (Phi) is 3.28. The standard InChI is InChI=1S/C10H8F3N5/c11-6-1-5(2-7(12)10(6)13)17-8-3-9(18-14)16-4-15-8/h1-4H,14H2,(H2,15,16,17,18). The molecule has 0 saturated carbocycles. The Morgan fingerprint density at radius 2 is 1.56 bits per heavy atom. The number of anilines is 3. The Balaban J connectivity index is 2.28. The number of nitrogens with zero attached hydrogens (tertiary/aromatic N) is 2. The molecule has 1 aromatic heterocycles. The summed E-state index contributed by atoms with van der Waals surface area (Å²) in [6, 6.07) is 3.05. The van der Waals surface area contributed by atoms with Gasteiger partial charge in [-0.15, -0.1) is 0 Å². The van der Waals surface area contributed by atoms with E-state index in [1.165, 1.54) is 12.4 Å². The highest BCUT2D eigenvalue weighted by atomic mass is 19.2. The van der Waals surface area contributed by atoms with Crippen molar-refractivity contribution in [2.75, 3.05) is 10.7 Å². The summed E-state index contributed by atoms with van der Waals surface area (Å²) in [5, 5.41) is 2.59. The van der Waals surface area contributed by atoms with Crippen molar-refractivity contribution in [3.05, 3.63) is 42.0 Å². The number of benzene rings is 1. The smallest absolute Gasteiger partial charge is 0.194 e. The van der Waals surface area contributed by atoms with Gasteiger partial charge in [-0.25, -0.2) is 29.0 Å². The van der Waals surface area contributed by atoms with Crippen LogP contribution in [0.3, 0.4) is 0 Å². The molecule has 4 N–H and O–H groups in total. The second-order valence-corrected chi connectivity index (χ2v) is 3.31. The predicted octanol–water partition coefficient (Wildman–Crippen LogP) is 1.92. The van der Waals surface area contributed by atoms with Crippen LogP contribution in [0.1, 0.15) is 0 Å². The molecule has 1 aromatic carbocycles. The van der Waals surface area contributed by atoms with E-state index in [1.807, 2.05) is 0 Å². The van der Waals surface area contributed by atoms with E-state index in [9.17, 15) is 13.2 Å². The highest BCUT2D eigenvalue weighted by molar-refractivity contribution is 5.58. The van der Waals surface area contributed by atoms with E-state index >= 15 is 0 Å². The largest absolute Gasteiger partial charge is 0.340 e.